The van der Waals surface area contributed by atoms with Gasteiger partial charge in [-0.2, -0.15) is 0 Å². The minimum Gasteiger partial charge on any atom is -0.416 e. The number of methoxy groups -OCH3 is 2. The Morgan fingerprint density at radius 3 is 2.41 bits per heavy atom. The van der Waals surface area contributed by atoms with Crippen LogP contribution in [-0.4, -0.2) is 46.5 Å². The van der Waals surface area contributed by atoms with Crippen LogP contribution in [0.5, 0.6) is 0 Å². The van der Waals surface area contributed by atoms with Gasteiger partial charge in [-0.05, 0) is 48.8 Å². The van der Waals surface area contributed by atoms with Crippen LogP contribution in [0.25, 0.3) is 0 Å². The first kappa shape index (κ1) is 24.8. The monoisotopic (exact) mass is 455 g/mol. The van der Waals surface area contributed by atoms with Crippen molar-refractivity contribution in [2.75, 3.05) is 20.8 Å². The number of hydrogen-bond acceptors (Lipinski definition) is 4. The number of hydrogen-bond donors (Lipinski definition) is 0. The number of ether oxygens (including phenoxy) is 2. The number of nitrogens with zero attached hydrogens (tertiary/aromatic N) is 1. The summed E-state index contributed by atoms with van der Waals surface area (Å²) in [5.41, 5.74) is 1.35. The molecule has 0 fully saturated rings. The second-order valence-corrected chi connectivity index (χ2v) is 15.0. The molecule has 0 heterocycles. The number of fused-ring (bicyclic) bond motifs is 1. The molecule has 0 saturated heterocycles. The molecule has 0 N–H and O–H groups in total. The van der Waals surface area contributed by atoms with Crippen molar-refractivity contribution in [3.8, 4) is 0 Å². The molecule has 0 unspecified atom stereocenters. The van der Waals surface area contributed by atoms with Crippen molar-refractivity contribution in [1.82, 2.24) is 0 Å². The first-order valence-electron chi connectivity index (χ1n) is 11.3. The van der Waals surface area contributed by atoms with Gasteiger partial charge in [0.15, 0.2) is 14.1 Å². The molecule has 0 spiro atoms. The van der Waals surface area contributed by atoms with E-state index < -0.39 is 14.1 Å². The summed E-state index contributed by atoms with van der Waals surface area (Å²) in [7, 11) is 1.41. The van der Waals surface area contributed by atoms with Crippen LogP contribution < -0.4 is 0 Å². The molecule has 3 rings (SSSR count). The smallest absolute Gasteiger partial charge is 0.277 e. The molecule has 1 aromatic rings. The largest absolute Gasteiger partial charge is 0.416 e. The average molecular weight is 456 g/mol. The van der Waals surface area contributed by atoms with Crippen molar-refractivity contribution in [2.45, 2.75) is 51.1 Å². The third kappa shape index (κ3) is 4.88. The highest BCUT2D eigenvalue weighted by atomic mass is 28.4. The van der Waals surface area contributed by atoms with Crippen molar-refractivity contribution < 1.29 is 18.7 Å². The summed E-state index contributed by atoms with van der Waals surface area (Å²) in [5, 5.41) is 0.125. The third-order valence-electron chi connectivity index (χ3n) is 7.35. The van der Waals surface area contributed by atoms with Crippen molar-refractivity contribution in [1.29, 1.82) is 0 Å². The molecular weight excluding hydrogens is 418 g/mol. The fraction of sp³-hybridized carbons (Fsp3) is 0.538. The number of carbonyl (C=O) groups excluding carboxylic acids is 1. The van der Waals surface area contributed by atoms with Crippen LogP contribution in [0.15, 0.2) is 59.6 Å². The van der Waals surface area contributed by atoms with Crippen LogP contribution in [0, 0.1) is 17.8 Å². The molecule has 0 saturated carbocycles. The summed E-state index contributed by atoms with van der Waals surface area (Å²) < 4.78 is 18.3. The quantitative estimate of drug-likeness (QED) is 0.316. The molecule has 174 valence electrons. The molecule has 2 aliphatic carbocycles. The summed E-state index contributed by atoms with van der Waals surface area (Å²) in [6, 6.07) is 9.19. The van der Waals surface area contributed by atoms with Crippen LogP contribution in [0.1, 0.15) is 37.6 Å². The Hall–Kier alpha value is -1.86. The van der Waals surface area contributed by atoms with E-state index in [1.54, 1.807) is 26.4 Å². The molecule has 32 heavy (non-hydrogen) atoms. The predicted octanol–water partition coefficient (Wildman–Crippen LogP) is 5.66. The van der Waals surface area contributed by atoms with Gasteiger partial charge in [-0.25, -0.2) is 4.99 Å². The summed E-state index contributed by atoms with van der Waals surface area (Å²) in [4.78, 5) is 17.5. The van der Waals surface area contributed by atoms with Crippen molar-refractivity contribution >= 4 is 19.9 Å². The lowest BCUT2D eigenvalue weighted by molar-refractivity contribution is -0.215. The van der Waals surface area contributed by atoms with Gasteiger partial charge < -0.3 is 13.9 Å². The average Bonchev–Trinajstić information content (AvgIpc) is 2.78. The maximum atomic E-state index is 12.9. The van der Waals surface area contributed by atoms with Crippen LogP contribution in [-0.2, 0) is 13.9 Å². The van der Waals surface area contributed by atoms with E-state index in [4.69, 9.17) is 13.9 Å². The molecule has 6 heteroatoms. The van der Waals surface area contributed by atoms with Gasteiger partial charge >= 0.3 is 0 Å². The Labute approximate surface area is 193 Å². The minimum absolute atomic E-state index is 0.00263. The van der Waals surface area contributed by atoms with Crippen LogP contribution in [0.3, 0.4) is 0 Å². The van der Waals surface area contributed by atoms with E-state index in [0.717, 1.165) is 12.1 Å². The van der Waals surface area contributed by atoms with Gasteiger partial charge in [0.05, 0.1) is 0 Å². The summed E-state index contributed by atoms with van der Waals surface area (Å²) in [6.45, 7) is 11.8. The molecule has 0 aliphatic heterocycles. The van der Waals surface area contributed by atoms with E-state index in [2.05, 4.69) is 51.0 Å². The molecule has 0 bridgehead atoms. The minimum atomic E-state index is -1.93. The van der Waals surface area contributed by atoms with Crippen LogP contribution in [0.2, 0.25) is 18.1 Å². The highest BCUT2D eigenvalue weighted by molar-refractivity contribution is 6.74. The number of benzene rings is 1. The number of rotatable bonds is 6. The van der Waals surface area contributed by atoms with E-state index >= 15 is 0 Å². The summed E-state index contributed by atoms with van der Waals surface area (Å²) in [6.07, 6.45) is 8.98. The highest BCUT2D eigenvalue weighted by Gasteiger charge is 2.50. The molecule has 1 amide bonds. The molecular formula is C26H37NO4Si. The predicted molar refractivity (Wildman–Crippen MR) is 131 cm³/mol. The highest BCUT2D eigenvalue weighted by Crippen LogP contribution is 2.45. The molecule has 5 nitrogen and oxygen atoms in total. The van der Waals surface area contributed by atoms with Crippen LogP contribution in [0.4, 0.5) is 0 Å². The molecule has 0 radical (unpaired) electrons. The van der Waals surface area contributed by atoms with E-state index in [9.17, 15) is 4.79 Å². The number of allylic oxidation sites excluding steroid dienone is 2. The first-order chi connectivity index (χ1) is 15.0. The van der Waals surface area contributed by atoms with Crippen molar-refractivity contribution in [2.24, 2.45) is 22.7 Å². The lowest BCUT2D eigenvalue weighted by atomic mass is 9.67. The molecule has 1 aromatic carbocycles. The zero-order valence-electron chi connectivity index (χ0n) is 20.4. The van der Waals surface area contributed by atoms with E-state index in [-0.39, 0.29) is 28.7 Å². The summed E-state index contributed by atoms with van der Waals surface area (Å²) in [5.74, 6) is -1.03. The fourth-order valence-corrected chi connectivity index (χ4v) is 5.36. The maximum Gasteiger partial charge on any atom is 0.277 e. The van der Waals surface area contributed by atoms with Gasteiger partial charge in [-0.15, -0.1) is 0 Å². The maximum absolute atomic E-state index is 12.9. The van der Waals surface area contributed by atoms with Crippen molar-refractivity contribution in [3.05, 3.63) is 60.2 Å². The lowest BCUT2D eigenvalue weighted by Gasteiger charge is -2.47. The second-order valence-electron chi connectivity index (χ2n) is 10.2. The van der Waals surface area contributed by atoms with Gasteiger partial charge in [0, 0.05) is 49.9 Å². The second kappa shape index (κ2) is 9.55. The SMILES string of the molecule is COC1(OC)C=CC(=NC(=O)c2ccccc2)[C@@H]2[C@H](CO[Si](C)(C)C(C)(C)C)C=CC[C@@H]21. The number of aliphatic imine (C=N–C) groups is 1. The zero-order valence-corrected chi connectivity index (χ0v) is 21.4. The topological polar surface area (TPSA) is 57.1 Å². The van der Waals surface area contributed by atoms with E-state index in [1.807, 2.05) is 30.4 Å². The lowest BCUT2D eigenvalue weighted by Crippen LogP contribution is -2.52. The Bertz CT molecular complexity index is 894. The Kier molecular flexibility index (Phi) is 7.40. The summed E-state index contributed by atoms with van der Waals surface area (Å²) >= 11 is 0. The van der Waals surface area contributed by atoms with Gasteiger partial charge in [0.25, 0.3) is 5.91 Å². The van der Waals surface area contributed by atoms with E-state index in [1.165, 1.54) is 0 Å². The Morgan fingerprint density at radius 2 is 1.81 bits per heavy atom. The number of carbonyl (C=O) groups is 1. The van der Waals surface area contributed by atoms with Crippen LogP contribution >= 0.6 is 0 Å². The first-order valence-corrected chi connectivity index (χ1v) is 14.2. The Balaban J connectivity index is 1.97. The molecule has 0 aromatic heterocycles. The van der Waals surface area contributed by atoms with Gasteiger partial charge in [0.2, 0.25) is 0 Å². The Morgan fingerprint density at radius 1 is 1.16 bits per heavy atom. The standard InChI is InChI=1S/C26H37NO4Si/c1-25(2,3)32(6,7)31-18-20-14-11-15-21-23(20)22(16-17-26(21,29-4)30-5)27-24(28)19-12-9-8-10-13-19/h8-14,16-17,20-21,23H,15,18H2,1-7H3/t20-,21-,23+/m0/s1. The number of amides is 1. The molecule has 3 atom stereocenters. The fourth-order valence-electron chi connectivity index (χ4n) is 4.32. The third-order valence-corrected chi connectivity index (χ3v) is 11.8. The van der Waals surface area contributed by atoms with Gasteiger partial charge in [-0.1, -0.05) is 51.1 Å². The van der Waals surface area contributed by atoms with E-state index in [0.29, 0.717) is 12.2 Å². The van der Waals surface area contributed by atoms with Gasteiger partial charge in [0.1, 0.15) is 0 Å². The molecule has 2 aliphatic rings. The normalized spacial score (nSPS) is 26.2. The van der Waals surface area contributed by atoms with Crippen molar-refractivity contribution in [3.63, 3.8) is 0 Å². The van der Waals surface area contributed by atoms with Gasteiger partial charge in [-0.3, -0.25) is 4.79 Å². The zero-order chi connectivity index (χ0) is 23.6.